The van der Waals surface area contributed by atoms with Crippen LogP contribution < -0.4 is 4.74 Å². The van der Waals surface area contributed by atoms with Crippen LogP contribution >= 0.6 is 11.6 Å². The predicted octanol–water partition coefficient (Wildman–Crippen LogP) is 5.06. The third kappa shape index (κ3) is 3.69. The average molecular weight is 385 g/mol. The molecular weight excluding hydrogens is 360 g/mol. The summed E-state index contributed by atoms with van der Waals surface area (Å²) in [5, 5.41) is 0.660. The maximum absolute atomic E-state index is 12.8. The van der Waals surface area contributed by atoms with Crippen LogP contribution in [0.15, 0.2) is 48.5 Å². The fourth-order valence-electron chi connectivity index (χ4n) is 4.46. The number of carbonyl (C=O) groups excluding carboxylic acids is 1. The molecule has 27 heavy (non-hydrogen) atoms. The van der Waals surface area contributed by atoms with Gasteiger partial charge >= 0.3 is 6.09 Å². The fraction of sp³-hybridized carbons (Fsp3) is 0.409. The number of hydrogen-bond donors (Lipinski definition) is 0. The Morgan fingerprint density at radius 1 is 1.11 bits per heavy atom. The smallest absolute Gasteiger partial charge is 0.410 e. The number of benzene rings is 2. The molecule has 4 nitrogen and oxygen atoms in total. The van der Waals surface area contributed by atoms with Crippen molar-refractivity contribution in [2.75, 3.05) is 14.1 Å². The first-order valence-electron chi connectivity index (χ1n) is 9.54. The van der Waals surface area contributed by atoms with Crippen molar-refractivity contribution in [2.45, 2.75) is 43.8 Å². The Labute approximate surface area is 165 Å². The number of piperidine rings is 1. The van der Waals surface area contributed by atoms with Crippen molar-refractivity contribution in [3.8, 4) is 16.9 Å². The molecule has 2 fully saturated rings. The summed E-state index contributed by atoms with van der Waals surface area (Å²) >= 11 is 6.13. The second kappa shape index (κ2) is 7.53. The number of fused-ring (bicyclic) bond motifs is 2. The van der Waals surface area contributed by atoms with Gasteiger partial charge in [0.1, 0.15) is 5.75 Å². The van der Waals surface area contributed by atoms with Crippen LogP contribution in [0.2, 0.25) is 5.02 Å². The molecule has 2 aliphatic heterocycles. The van der Waals surface area contributed by atoms with Gasteiger partial charge < -0.3 is 14.5 Å². The van der Waals surface area contributed by atoms with Crippen molar-refractivity contribution in [3.05, 3.63) is 53.6 Å². The lowest BCUT2D eigenvalue weighted by molar-refractivity contribution is 0.0855. The first kappa shape index (κ1) is 18.3. The summed E-state index contributed by atoms with van der Waals surface area (Å²) in [5.41, 5.74) is 1.80. The Balaban J connectivity index is 1.50. The number of carbonyl (C=O) groups is 1. The molecule has 0 radical (unpaired) electrons. The van der Waals surface area contributed by atoms with E-state index >= 15 is 0 Å². The van der Waals surface area contributed by atoms with Crippen LogP contribution in [-0.4, -0.2) is 48.1 Å². The number of halogens is 1. The van der Waals surface area contributed by atoms with Crippen LogP contribution in [0.1, 0.15) is 25.7 Å². The third-order valence-electron chi connectivity index (χ3n) is 6.13. The number of ether oxygens (including phenoxy) is 1. The molecule has 4 rings (SSSR count). The molecule has 0 N–H and O–H groups in total. The zero-order chi connectivity index (χ0) is 19.0. The van der Waals surface area contributed by atoms with Crippen LogP contribution in [0.3, 0.4) is 0 Å². The molecule has 1 amide bonds. The molecule has 2 aliphatic rings. The molecule has 0 saturated carbocycles. The van der Waals surface area contributed by atoms with Gasteiger partial charge in [0.2, 0.25) is 0 Å². The van der Waals surface area contributed by atoms with E-state index in [1.165, 1.54) is 12.8 Å². The molecule has 2 bridgehead atoms. The number of nitrogens with zero attached hydrogens (tertiary/aromatic N) is 2. The normalized spacial score (nSPS) is 24.6. The highest BCUT2D eigenvalue weighted by Gasteiger charge is 2.41. The lowest BCUT2D eigenvalue weighted by Crippen LogP contribution is -2.50. The molecule has 142 valence electrons. The van der Waals surface area contributed by atoms with E-state index in [0.717, 1.165) is 24.0 Å². The van der Waals surface area contributed by atoms with Gasteiger partial charge in [-0.05, 0) is 56.5 Å². The van der Waals surface area contributed by atoms with Gasteiger partial charge in [0.15, 0.2) is 0 Å². The molecule has 2 heterocycles. The van der Waals surface area contributed by atoms with Crippen LogP contribution in [0.5, 0.6) is 5.75 Å². The first-order valence-corrected chi connectivity index (χ1v) is 9.92. The summed E-state index contributed by atoms with van der Waals surface area (Å²) in [5.74, 6) is 0.563. The average Bonchev–Trinajstić information content (AvgIpc) is 2.88. The van der Waals surface area contributed by atoms with Crippen molar-refractivity contribution in [1.82, 2.24) is 9.80 Å². The number of amides is 1. The summed E-state index contributed by atoms with van der Waals surface area (Å²) < 4.78 is 5.80. The topological polar surface area (TPSA) is 32.8 Å². The standard InChI is InChI=1S/C22H25ClN2O2/c1-24-17-10-11-18(24)14-19(13-17)25(2)22(26)27-21-9-4-3-8-20(21)15-6-5-7-16(23)12-15/h3-9,12,17-19H,10-11,13-14H2,1-2H3. The number of para-hydroxylation sites is 1. The highest BCUT2D eigenvalue weighted by molar-refractivity contribution is 6.30. The predicted molar refractivity (Wildman–Crippen MR) is 108 cm³/mol. The van der Waals surface area contributed by atoms with Gasteiger partial charge in [0.25, 0.3) is 0 Å². The Morgan fingerprint density at radius 3 is 2.52 bits per heavy atom. The molecule has 2 saturated heterocycles. The molecule has 2 aromatic rings. The molecule has 2 atom stereocenters. The van der Waals surface area contributed by atoms with Crippen molar-refractivity contribution in [2.24, 2.45) is 0 Å². The molecule has 0 aromatic heterocycles. The minimum absolute atomic E-state index is 0.240. The Kier molecular flexibility index (Phi) is 5.11. The van der Waals surface area contributed by atoms with Gasteiger partial charge in [-0.1, -0.05) is 41.9 Å². The number of hydrogen-bond acceptors (Lipinski definition) is 3. The van der Waals surface area contributed by atoms with E-state index in [4.69, 9.17) is 16.3 Å². The third-order valence-corrected chi connectivity index (χ3v) is 6.36. The van der Waals surface area contributed by atoms with E-state index in [1.807, 2.05) is 55.6 Å². The molecule has 2 aromatic carbocycles. The lowest BCUT2D eigenvalue weighted by Gasteiger charge is -2.39. The molecular formula is C22H25ClN2O2. The second-order valence-electron chi connectivity index (χ2n) is 7.66. The Morgan fingerprint density at radius 2 is 1.81 bits per heavy atom. The van der Waals surface area contributed by atoms with E-state index in [1.54, 1.807) is 4.90 Å². The molecule has 0 aliphatic carbocycles. The van der Waals surface area contributed by atoms with Gasteiger partial charge in [-0.15, -0.1) is 0 Å². The second-order valence-corrected chi connectivity index (χ2v) is 8.10. The SMILES string of the molecule is CN(C(=O)Oc1ccccc1-c1cccc(Cl)c1)C1CC2CCC(C1)N2C. The summed E-state index contributed by atoms with van der Waals surface area (Å²) in [4.78, 5) is 17.1. The maximum Gasteiger partial charge on any atom is 0.415 e. The van der Waals surface area contributed by atoms with Crippen molar-refractivity contribution in [1.29, 1.82) is 0 Å². The van der Waals surface area contributed by atoms with Crippen molar-refractivity contribution >= 4 is 17.7 Å². The highest BCUT2D eigenvalue weighted by atomic mass is 35.5. The molecule has 5 heteroatoms. The Bertz CT molecular complexity index is 827. The van der Waals surface area contributed by atoms with Crippen LogP contribution in [0, 0.1) is 0 Å². The quantitative estimate of drug-likeness (QED) is 0.741. The van der Waals surface area contributed by atoms with Gasteiger partial charge in [-0.25, -0.2) is 4.79 Å². The summed E-state index contributed by atoms with van der Waals surface area (Å²) in [6.45, 7) is 0. The molecule has 0 spiro atoms. The largest absolute Gasteiger partial charge is 0.415 e. The summed E-state index contributed by atoms with van der Waals surface area (Å²) in [6.07, 6.45) is 4.22. The van der Waals surface area contributed by atoms with Gasteiger partial charge in [-0.2, -0.15) is 0 Å². The van der Waals surface area contributed by atoms with Crippen LogP contribution in [0.4, 0.5) is 4.79 Å². The fourth-order valence-corrected chi connectivity index (χ4v) is 4.65. The van der Waals surface area contributed by atoms with Gasteiger partial charge in [0, 0.05) is 35.8 Å². The Hall–Kier alpha value is -2.04. The van der Waals surface area contributed by atoms with Crippen molar-refractivity contribution in [3.63, 3.8) is 0 Å². The lowest BCUT2D eigenvalue weighted by atomic mass is 9.97. The van der Waals surface area contributed by atoms with E-state index in [2.05, 4.69) is 11.9 Å². The van der Waals surface area contributed by atoms with Crippen molar-refractivity contribution < 1.29 is 9.53 Å². The van der Waals surface area contributed by atoms with E-state index < -0.39 is 0 Å². The van der Waals surface area contributed by atoms with E-state index in [-0.39, 0.29) is 12.1 Å². The molecule has 2 unspecified atom stereocenters. The first-order chi connectivity index (χ1) is 13.0. The minimum Gasteiger partial charge on any atom is -0.410 e. The summed E-state index contributed by atoms with van der Waals surface area (Å²) in [6, 6.07) is 16.6. The van der Waals surface area contributed by atoms with Gasteiger partial charge in [-0.3, -0.25) is 0 Å². The zero-order valence-electron chi connectivity index (χ0n) is 15.8. The highest BCUT2D eigenvalue weighted by Crippen LogP contribution is 2.37. The summed E-state index contributed by atoms with van der Waals surface area (Å²) in [7, 11) is 4.07. The number of rotatable bonds is 3. The minimum atomic E-state index is -0.293. The van der Waals surface area contributed by atoms with Gasteiger partial charge in [0.05, 0.1) is 0 Å². The maximum atomic E-state index is 12.8. The van der Waals surface area contributed by atoms with Crippen LogP contribution in [0.25, 0.3) is 11.1 Å². The van der Waals surface area contributed by atoms with Crippen LogP contribution in [-0.2, 0) is 0 Å². The monoisotopic (exact) mass is 384 g/mol. The zero-order valence-corrected chi connectivity index (χ0v) is 16.5. The van der Waals surface area contributed by atoms with E-state index in [0.29, 0.717) is 22.9 Å². The van der Waals surface area contributed by atoms with E-state index in [9.17, 15) is 4.79 Å².